The van der Waals surface area contributed by atoms with Gasteiger partial charge >= 0.3 is 0 Å². The Labute approximate surface area is 224 Å². The van der Waals surface area contributed by atoms with E-state index in [0.717, 1.165) is 33.5 Å². The minimum absolute atomic E-state index is 0.233. The summed E-state index contributed by atoms with van der Waals surface area (Å²) in [5.41, 5.74) is 5.89. The van der Waals surface area contributed by atoms with Crippen molar-refractivity contribution in [2.45, 2.75) is 20.5 Å². The van der Waals surface area contributed by atoms with Gasteiger partial charge < -0.3 is 9.47 Å². The molecule has 1 saturated heterocycles. The number of amides is 2. The lowest BCUT2D eigenvalue weighted by Crippen LogP contribution is -2.44. The summed E-state index contributed by atoms with van der Waals surface area (Å²) < 4.78 is 12.0. The monoisotopic (exact) mass is 538 g/mol. The molecule has 3 aromatic rings. The van der Waals surface area contributed by atoms with Crippen molar-refractivity contribution < 1.29 is 19.1 Å². The molecule has 0 radical (unpaired) electrons. The Hall–Kier alpha value is -3.33. The molecule has 4 rings (SSSR count). The van der Waals surface area contributed by atoms with E-state index in [4.69, 9.17) is 33.3 Å². The summed E-state index contributed by atoms with van der Waals surface area (Å²) in [6, 6.07) is 19.9. The lowest BCUT2D eigenvalue weighted by molar-refractivity contribution is -0.123. The van der Waals surface area contributed by atoms with Crippen LogP contribution in [-0.2, 0) is 11.4 Å². The molecule has 1 N–H and O–H groups in total. The molecule has 1 fully saturated rings. The fourth-order valence-electron chi connectivity index (χ4n) is 3.45. The zero-order valence-electron chi connectivity index (χ0n) is 19.6. The zero-order chi connectivity index (χ0) is 25.7. The van der Waals surface area contributed by atoms with E-state index in [1.807, 2.05) is 50.2 Å². The predicted octanol–water partition coefficient (Wildman–Crippen LogP) is 6.17. The zero-order valence-corrected chi connectivity index (χ0v) is 22.0. The molecule has 1 heterocycles. The quantitative estimate of drug-likeness (QED) is 0.273. The molecule has 0 saturated carbocycles. The Balaban J connectivity index is 1.48. The Kier molecular flexibility index (Phi) is 8.30. The number of nitrogens with one attached hydrogen (secondary N) is 1. The molecule has 0 aromatic heterocycles. The number of benzene rings is 3. The van der Waals surface area contributed by atoms with Crippen molar-refractivity contribution >= 4 is 57.8 Å². The van der Waals surface area contributed by atoms with E-state index in [9.17, 15) is 9.59 Å². The summed E-state index contributed by atoms with van der Waals surface area (Å²) in [6.07, 6.45) is 1.71. The van der Waals surface area contributed by atoms with Crippen LogP contribution in [0.25, 0.3) is 6.08 Å². The topological polar surface area (TPSA) is 67.9 Å². The van der Waals surface area contributed by atoms with Crippen molar-refractivity contribution in [3.8, 4) is 11.5 Å². The van der Waals surface area contributed by atoms with Crippen LogP contribution < -0.4 is 14.9 Å². The van der Waals surface area contributed by atoms with Crippen LogP contribution >= 0.6 is 35.6 Å². The lowest BCUT2D eigenvalue weighted by atomic mass is 10.1. The highest BCUT2D eigenvalue weighted by atomic mass is 35.5. The summed E-state index contributed by atoms with van der Waals surface area (Å²) in [6.45, 7) is 4.80. The van der Waals surface area contributed by atoms with E-state index in [-0.39, 0.29) is 4.32 Å². The number of hydrazine groups is 1. The number of carbonyl (C=O) groups is 2. The van der Waals surface area contributed by atoms with Crippen molar-refractivity contribution in [3.05, 3.63) is 98.9 Å². The van der Waals surface area contributed by atoms with Gasteiger partial charge in [-0.15, -0.1) is 0 Å². The van der Waals surface area contributed by atoms with E-state index < -0.39 is 11.8 Å². The third-order valence-corrected chi connectivity index (χ3v) is 6.71. The molecule has 1 aliphatic heterocycles. The highest BCUT2D eigenvalue weighted by molar-refractivity contribution is 8.26. The Bertz CT molecular complexity index is 1340. The highest BCUT2D eigenvalue weighted by Crippen LogP contribution is 2.34. The number of aryl methyl sites for hydroxylation is 1. The molecule has 3 aromatic carbocycles. The average Bonchev–Trinajstić information content (AvgIpc) is 3.11. The van der Waals surface area contributed by atoms with Gasteiger partial charge in [0.2, 0.25) is 0 Å². The summed E-state index contributed by atoms with van der Waals surface area (Å²) in [4.78, 5) is 25.9. The summed E-state index contributed by atoms with van der Waals surface area (Å²) in [7, 11) is 0. The number of hydrogen-bond donors (Lipinski definition) is 1. The maximum absolute atomic E-state index is 13.0. The third kappa shape index (κ3) is 6.26. The number of carbonyl (C=O) groups excluding carboxylic acids is 2. The van der Waals surface area contributed by atoms with Crippen LogP contribution in [-0.4, -0.2) is 27.8 Å². The molecule has 1 aliphatic rings. The third-order valence-electron chi connectivity index (χ3n) is 5.16. The van der Waals surface area contributed by atoms with Crippen LogP contribution in [0.15, 0.2) is 71.6 Å². The van der Waals surface area contributed by atoms with Crippen LogP contribution in [0.3, 0.4) is 0 Å². The largest absolute Gasteiger partial charge is 0.490 e. The molecule has 0 unspecified atom stereocenters. The molecule has 6 nitrogen and oxygen atoms in total. The van der Waals surface area contributed by atoms with Crippen LogP contribution in [0.2, 0.25) is 5.02 Å². The minimum Gasteiger partial charge on any atom is -0.490 e. The summed E-state index contributed by atoms with van der Waals surface area (Å²) in [5, 5.41) is 1.59. The number of thioether (sulfide) groups is 1. The molecule has 0 spiro atoms. The smallest absolute Gasteiger partial charge is 0.285 e. The number of hydrogen-bond acceptors (Lipinski definition) is 6. The molecule has 36 heavy (non-hydrogen) atoms. The standard InChI is InChI=1S/C27H23ClN2O4S2/c1-3-33-23-14-18(7-12-22(23)34-16-19-6-4-5-17(2)13-19)15-24-26(32)30(27(35)36-24)29-25(31)20-8-10-21(28)11-9-20/h4-15H,3,16H2,1-2H3,(H,29,31)/b24-15+. The minimum atomic E-state index is -0.460. The first-order chi connectivity index (χ1) is 17.3. The van der Waals surface area contributed by atoms with E-state index in [2.05, 4.69) is 11.5 Å². The maximum Gasteiger partial charge on any atom is 0.285 e. The van der Waals surface area contributed by atoms with Gasteiger partial charge in [-0.05, 0) is 79.7 Å². The molecule has 0 atom stereocenters. The van der Waals surface area contributed by atoms with Gasteiger partial charge in [0, 0.05) is 10.6 Å². The molecular formula is C27H23ClN2O4S2. The van der Waals surface area contributed by atoms with Crippen molar-refractivity contribution in [1.29, 1.82) is 0 Å². The SMILES string of the molecule is CCOc1cc(/C=C2/SC(=S)N(NC(=O)c3ccc(Cl)cc3)C2=O)ccc1OCc1cccc(C)c1. The molecule has 0 aliphatic carbocycles. The lowest BCUT2D eigenvalue weighted by Gasteiger charge is -2.15. The van der Waals surface area contributed by atoms with E-state index >= 15 is 0 Å². The number of halogens is 1. The normalized spacial score (nSPS) is 14.3. The Morgan fingerprint density at radius 1 is 1.08 bits per heavy atom. The first-order valence-corrected chi connectivity index (χ1v) is 12.7. The van der Waals surface area contributed by atoms with Crippen LogP contribution in [0, 0.1) is 6.92 Å². The van der Waals surface area contributed by atoms with Gasteiger partial charge in [0.25, 0.3) is 11.8 Å². The second-order valence-corrected chi connectivity index (χ2v) is 9.99. The van der Waals surface area contributed by atoms with Gasteiger partial charge in [0.15, 0.2) is 15.8 Å². The molecule has 9 heteroatoms. The second kappa shape index (κ2) is 11.6. The van der Waals surface area contributed by atoms with Crippen molar-refractivity contribution in [1.82, 2.24) is 10.4 Å². The summed E-state index contributed by atoms with van der Waals surface area (Å²) in [5.74, 6) is 0.312. The number of ether oxygens (including phenoxy) is 2. The van der Waals surface area contributed by atoms with E-state index in [1.165, 1.54) is 0 Å². The fourth-order valence-corrected chi connectivity index (χ4v) is 4.75. The van der Waals surface area contributed by atoms with Gasteiger partial charge in [0.1, 0.15) is 6.61 Å². The van der Waals surface area contributed by atoms with Crippen molar-refractivity contribution in [3.63, 3.8) is 0 Å². The Morgan fingerprint density at radius 2 is 1.86 bits per heavy atom. The molecule has 184 valence electrons. The van der Waals surface area contributed by atoms with Crippen molar-refractivity contribution in [2.24, 2.45) is 0 Å². The summed E-state index contributed by atoms with van der Waals surface area (Å²) >= 11 is 12.3. The first kappa shape index (κ1) is 25.8. The molecular weight excluding hydrogens is 516 g/mol. The van der Waals surface area contributed by atoms with Gasteiger partial charge in [-0.3, -0.25) is 15.0 Å². The van der Waals surface area contributed by atoms with Crippen LogP contribution in [0.1, 0.15) is 34.0 Å². The number of rotatable bonds is 8. The fraction of sp³-hybridized carbons (Fsp3) is 0.148. The predicted molar refractivity (Wildman–Crippen MR) is 147 cm³/mol. The molecule has 0 bridgehead atoms. The van der Waals surface area contributed by atoms with Crippen molar-refractivity contribution in [2.75, 3.05) is 6.61 Å². The van der Waals surface area contributed by atoms with Gasteiger partial charge in [-0.1, -0.05) is 59.3 Å². The molecule has 2 amide bonds. The van der Waals surface area contributed by atoms with Crippen LogP contribution in [0.4, 0.5) is 0 Å². The second-order valence-electron chi connectivity index (χ2n) is 7.88. The Morgan fingerprint density at radius 3 is 2.58 bits per heavy atom. The number of thiocarbonyl (C=S) groups is 1. The maximum atomic E-state index is 13.0. The van der Waals surface area contributed by atoms with Crippen LogP contribution in [0.5, 0.6) is 11.5 Å². The number of nitrogens with zero attached hydrogens (tertiary/aromatic N) is 1. The van der Waals surface area contributed by atoms with E-state index in [0.29, 0.717) is 40.2 Å². The van der Waals surface area contributed by atoms with Gasteiger partial charge in [-0.25, -0.2) is 0 Å². The highest BCUT2D eigenvalue weighted by Gasteiger charge is 2.33. The van der Waals surface area contributed by atoms with Gasteiger partial charge in [0.05, 0.1) is 11.5 Å². The van der Waals surface area contributed by atoms with E-state index in [1.54, 1.807) is 30.3 Å². The average molecular weight is 539 g/mol. The first-order valence-electron chi connectivity index (χ1n) is 11.1. The van der Waals surface area contributed by atoms with Gasteiger partial charge in [-0.2, -0.15) is 5.01 Å².